The molecule has 0 aliphatic carbocycles. The molecule has 2 rings (SSSR count). The number of nitrogens with zero attached hydrogens (tertiary/aromatic N) is 1. The van der Waals surface area contributed by atoms with Crippen LogP contribution in [0.5, 0.6) is 0 Å². The average molecular weight is 280 g/mol. The molecule has 1 aromatic rings. The van der Waals surface area contributed by atoms with Gasteiger partial charge in [-0.05, 0) is 26.3 Å². The maximum atomic E-state index is 10.9. The van der Waals surface area contributed by atoms with Gasteiger partial charge in [0.2, 0.25) is 0 Å². The van der Waals surface area contributed by atoms with E-state index < -0.39 is 5.79 Å². The van der Waals surface area contributed by atoms with Crippen molar-refractivity contribution in [3.8, 4) is 0 Å². The van der Waals surface area contributed by atoms with E-state index in [1.54, 1.807) is 19.1 Å². The van der Waals surface area contributed by atoms with E-state index in [9.17, 15) is 10.1 Å². The third-order valence-electron chi connectivity index (χ3n) is 3.24. The van der Waals surface area contributed by atoms with Crippen LogP contribution >= 0.6 is 0 Å². The van der Waals surface area contributed by atoms with Crippen LogP contribution < -0.4 is 5.32 Å². The number of nitrogens with one attached hydrogen (secondary N) is 1. The molecule has 1 fully saturated rings. The standard InChI is InChI=1S/C14H20N2O4/c1-10-4-5-11(6-13(10)16(17)18)7-15-8-12-9-19-14(2,3)20-12/h4-6,12,15H,7-9H2,1-3H3. The molecule has 1 heterocycles. The number of benzene rings is 1. The third kappa shape index (κ3) is 3.75. The SMILES string of the molecule is Cc1ccc(CNCC2COC(C)(C)O2)cc1[N+](=O)[O-]. The fraction of sp³-hybridized carbons (Fsp3) is 0.571. The van der Waals surface area contributed by atoms with Crippen molar-refractivity contribution < 1.29 is 14.4 Å². The van der Waals surface area contributed by atoms with E-state index in [2.05, 4.69) is 5.32 Å². The zero-order valence-electron chi connectivity index (χ0n) is 12.0. The van der Waals surface area contributed by atoms with Crippen LogP contribution in [0.15, 0.2) is 18.2 Å². The van der Waals surface area contributed by atoms with Crippen LogP contribution in [0, 0.1) is 17.0 Å². The Labute approximate surface area is 118 Å². The second kappa shape index (κ2) is 5.87. The Hall–Kier alpha value is -1.50. The summed E-state index contributed by atoms with van der Waals surface area (Å²) in [6.07, 6.45) is 0.0189. The zero-order valence-corrected chi connectivity index (χ0v) is 12.0. The van der Waals surface area contributed by atoms with Crippen molar-refractivity contribution in [2.45, 2.75) is 39.2 Å². The van der Waals surface area contributed by atoms with Gasteiger partial charge in [0.15, 0.2) is 5.79 Å². The van der Waals surface area contributed by atoms with Crippen LogP contribution in [-0.2, 0) is 16.0 Å². The van der Waals surface area contributed by atoms with Crippen molar-refractivity contribution in [2.75, 3.05) is 13.2 Å². The van der Waals surface area contributed by atoms with Crippen molar-refractivity contribution in [3.63, 3.8) is 0 Å². The molecule has 6 nitrogen and oxygen atoms in total. The molecule has 0 spiro atoms. The van der Waals surface area contributed by atoms with E-state index in [4.69, 9.17) is 9.47 Å². The van der Waals surface area contributed by atoms with Gasteiger partial charge in [-0.2, -0.15) is 0 Å². The highest BCUT2D eigenvalue weighted by molar-refractivity contribution is 5.42. The molecule has 0 amide bonds. The predicted molar refractivity (Wildman–Crippen MR) is 74.4 cm³/mol. The third-order valence-corrected chi connectivity index (χ3v) is 3.24. The molecule has 1 aliphatic rings. The monoisotopic (exact) mass is 280 g/mol. The maximum absolute atomic E-state index is 10.9. The van der Waals surface area contributed by atoms with Crippen LogP contribution in [0.3, 0.4) is 0 Å². The lowest BCUT2D eigenvalue weighted by molar-refractivity contribution is -0.385. The Kier molecular flexibility index (Phi) is 4.37. The minimum Gasteiger partial charge on any atom is -0.348 e. The molecular weight excluding hydrogens is 260 g/mol. The van der Waals surface area contributed by atoms with E-state index in [1.165, 1.54) is 0 Å². The van der Waals surface area contributed by atoms with Crippen LogP contribution in [0.25, 0.3) is 0 Å². The Morgan fingerprint density at radius 3 is 2.85 bits per heavy atom. The second-order valence-corrected chi connectivity index (χ2v) is 5.46. The van der Waals surface area contributed by atoms with Gasteiger partial charge in [0.25, 0.3) is 5.69 Å². The summed E-state index contributed by atoms with van der Waals surface area (Å²) in [6, 6.07) is 5.27. The first-order chi connectivity index (χ1) is 9.37. The summed E-state index contributed by atoms with van der Waals surface area (Å²) in [5.41, 5.74) is 1.72. The highest BCUT2D eigenvalue weighted by Crippen LogP contribution is 2.22. The Balaban J connectivity index is 1.86. The van der Waals surface area contributed by atoms with E-state index >= 15 is 0 Å². The van der Waals surface area contributed by atoms with Gasteiger partial charge >= 0.3 is 0 Å². The summed E-state index contributed by atoms with van der Waals surface area (Å²) < 4.78 is 11.1. The molecule has 0 radical (unpaired) electrons. The number of hydrogen-bond acceptors (Lipinski definition) is 5. The fourth-order valence-corrected chi connectivity index (χ4v) is 2.20. The van der Waals surface area contributed by atoms with Gasteiger partial charge in [-0.3, -0.25) is 10.1 Å². The second-order valence-electron chi connectivity index (χ2n) is 5.46. The number of hydrogen-bond donors (Lipinski definition) is 1. The Bertz CT molecular complexity index is 502. The van der Waals surface area contributed by atoms with Crippen LogP contribution in [0.1, 0.15) is 25.0 Å². The van der Waals surface area contributed by atoms with Crippen molar-refractivity contribution in [1.82, 2.24) is 5.32 Å². The lowest BCUT2D eigenvalue weighted by atomic mass is 10.1. The van der Waals surface area contributed by atoms with Crippen LogP contribution in [0.4, 0.5) is 5.69 Å². The predicted octanol–water partition coefficient (Wildman–Crippen LogP) is 2.14. The minimum absolute atomic E-state index is 0.0189. The van der Waals surface area contributed by atoms with Crippen molar-refractivity contribution >= 4 is 5.69 Å². The molecule has 1 atom stereocenters. The van der Waals surface area contributed by atoms with Gasteiger partial charge in [-0.15, -0.1) is 0 Å². The van der Waals surface area contributed by atoms with Gasteiger partial charge in [0.1, 0.15) is 0 Å². The van der Waals surface area contributed by atoms with Crippen molar-refractivity contribution in [2.24, 2.45) is 0 Å². The first-order valence-electron chi connectivity index (χ1n) is 6.64. The molecule has 1 aliphatic heterocycles. The molecule has 0 bridgehead atoms. The largest absolute Gasteiger partial charge is 0.348 e. The normalized spacial score (nSPS) is 21.1. The molecular formula is C14H20N2O4. The molecule has 110 valence electrons. The van der Waals surface area contributed by atoms with Crippen LogP contribution in [-0.4, -0.2) is 30.0 Å². The number of rotatable bonds is 5. The van der Waals surface area contributed by atoms with Crippen molar-refractivity contribution in [3.05, 3.63) is 39.4 Å². The molecule has 20 heavy (non-hydrogen) atoms. The summed E-state index contributed by atoms with van der Waals surface area (Å²) in [5, 5.41) is 14.1. The molecule has 0 aromatic heterocycles. The van der Waals surface area contributed by atoms with Gasteiger partial charge in [0, 0.05) is 24.7 Å². The van der Waals surface area contributed by atoms with Crippen LogP contribution in [0.2, 0.25) is 0 Å². The molecule has 0 saturated carbocycles. The lowest BCUT2D eigenvalue weighted by Gasteiger charge is -2.17. The van der Waals surface area contributed by atoms with Crippen molar-refractivity contribution in [1.29, 1.82) is 0 Å². The topological polar surface area (TPSA) is 73.6 Å². The summed E-state index contributed by atoms with van der Waals surface area (Å²) in [5.74, 6) is -0.519. The fourth-order valence-electron chi connectivity index (χ4n) is 2.20. The highest BCUT2D eigenvalue weighted by Gasteiger charge is 2.32. The molecule has 1 N–H and O–H groups in total. The van der Waals surface area contributed by atoms with Gasteiger partial charge < -0.3 is 14.8 Å². The quantitative estimate of drug-likeness (QED) is 0.660. The van der Waals surface area contributed by atoms with E-state index in [1.807, 2.05) is 19.9 Å². The van der Waals surface area contributed by atoms with E-state index in [0.717, 1.165) is 5.56 Å². The number of aryl methyl sites for hydroxylation is 1. The van der Waals surface area contributed by atoms with E-state index in [0.29, 0.717) is 25.3 Å². The smallest absolute Gasteiger partial charge is 0.272 e. The summed E-state index contributed by atoms with van der Waals surface area (Å²) in [6.45, 7) is 7.30. The first kappa shape index (κ1) is 14.9. The van der Waals surface area contributed by atoms with E-state index in [-0.39, 0.29) is 16.7 Å². The number of nitro benzene ring substituents is 1. The first-order valence-corrected chi connectivity index (χ1v) is 6.64. The summed E-state index contributed by atoms with van der Waals surface area (Å²) in [7, 11) is 0. The zero-order chi connectivity index (χ0) is 14.8. The van der Waals surface area contributed by atoms with Gasteiger partial charge in [0.05, 0.1) is 17.6 Å². The summed E-state index contributed by atoms with van der Waals surface area (Å²) >= 11 is 0. The van der Waals surface area contributed by atoms with Gasteiger partial charge in [-0.25, -0.2) is 0 Å². The maximum Gasteiger partial charge on any atom is 0.272 e. The molecule has 1 unspecified atom stereocenters. The average Bonchev–Trinajstić information content (AvgIpc) is 2.71. The molecule has 6 heteroatoms. The number of nitro groups is 1. The summed E-state index contributed by atoms with van der Waals surface area (Å²) in [4.78, 5) is 10.5. The highest BCUT2D eigenvalue weighted by atomic mass is 16.7. The molecule has 1 saturated heterocycles. The molecule has 1 aromatic carbocycles. The Morgan fingerprint density at radius 1 is 1.50 bits per heavy atom. The number of ether oxygens (including phenoxy) is 2. The lowest BCUT2D eigenvalue weighted by Crippen LogP contribution is -2.30. The minimum atomic E-state index is -0.519. The van der Waals surface area contributed by atoms with Gasteiger partial charge in [-0.1, -0.05) is 12.1 Å². The Morgan fingerprint density at radius 2 is 2.25 bits per heavy atom.